The molecular formula is C17H20N2OS. The molecule has 0 fully saturated rings. The highest BCUT2D eigenvalue weighted by Gasteiger charge is 2.24. The van der Waals surface area contributed by atoms with E-state index in [0.717, 1.165) is 24.0 Å². The highest BCUT2D eigenvalue weighted by Crippen LogP contribution is 2.33. The number of hydrogen-bond donors (Lipinski definition) is 2. The Labute approximate surface area is 129 Å². The first kappa shape index (κ1) is 14.4. The van der Waals surface area contributed by atoms with Gasteiger partial charge in [-0.25, -0.2) is 0 Å². The Morgan fingerprint density at radius 3 is 2.71 bits per heavy atom. The molecule has 21 heavy (non-hydrogen) atoms. The second-order valence-corrected chi connectivity index (χ2v) is 6.51. The Bertz CT molecular complexity index is 688. The summed E-state index contributed by atoms with van der Waals surface area (Å²) in [5.74, 6) is 0. The van der Waals surface area contributed by atoms with Crippen LogP contribution in [0.25, 0.3) is 10.9 Å². The van der Waals surface area contributed by atoms with Gasteiger partial charge < -0.3 is 15.0 Å². The summed E-state index contributed by atoms with van der Waals surface area (Å²) >= 11 is 1.58. The summed E-state index contributed by atoms with van der Waals surface area (Å²) in [5.41, 5.74) is 2.33. The molecule has 0 aliphatic carbocycles. The fourth-order valence-electron chi connectivity index (χ4n) is 2.56. The summed E-state index contributed by atoms with van der Waals surface area (Å²) in [4.78, 5) is 5.49. The minimum atomic E-state index is -0.991. The van der Waals surface area contributed by atoms with Gasteiger partial charge in [0.25, 0.3) is 0 Å². The van der Waals surface area contributed by atoms with Crippen LogP contribution < -0.4 is 0 Å². The van der Waals surface area contributed by atoms with Gasteiger partial charge in [-0.05, 0) is 66.7 Å². The second-order valence-electron chi connectivity index (χ2n) is 5.69. The average Bonchev–Trinajstić information content (AvgIpc) is 2.88. The van der Waals surface area contributed by atoms with Crippen molar-refractivity contribution < 1.29 is 5.11 Å². The van der Waals surface area contributed by atoms with Crippen LogP contribution >= 0.6 is 11.8 Å². The fourth-order valence-corrected chi connectivity index (χ4v) is 3.22. The number of benzene rings is 1. The average molecular weight is 300 g/mol. The van der Waals surface area contributed by atoms with Gasteiger partial charge in [-0.1, -0.05) is 6.07 Å². The summed E-state index contributed by atoms with van der Waals surface area (Å²) in [7, 11) is 4.16. The molecule has 1 aliphatic rings. The van der Waals surface area contributed by atoms with Crippen LogP contribution in [0.15, 0.2) is 47.4 Å². The van der Waals surface area contributed by atoms with Crippen LogP contribution in [0.5, 0.6) is 0 Å². The first-order valence-electron chi connectivity index (χ1n) is 7.07. The third kappa shape index (κ3) is 2.93. The zero-order chi connectivity index (χ0) is 14.9. The van der Waals surface area contributed by atoms with Crippen LogP contribution in [0.2, 0.25) is 0 Å². The number of H-pyrrole nitrogens is 1. The van der Waals surface area contributed by atoms with E-state index in [1.807, 2.05) is 35.1 Å². The molecule has 1 aliphatic heterocycles. The number of aromatic nitrogens is 1. The third-order valence-corrected chi connectivity index (χ3v) is 4.45. The maximum atomic E-state index is 10.7. The number of nitrogens with zero attached hydrogens (tertiary/aromatic N) is 1. The molecule has 0 spiro atoms. The topological polar surface area (TPSA) is 39.3 Å². The van der Waals surface area contributed by atoms with Crippen LogP contribution in [0.3, 0.4) is 0 Å². The minimum Gasteiger partial charge on any atom is -0.377 e. The molecule has 1 aromatic heterocycles. The van der Waals surface area contributed by atoms with Gasteiger partial charge in [-0.15, -0.1) is 11.8 Å². The lowest BCUT2D eigenvalue weighted by atomic mass is 9.92. The smallest absolute Gasteiger partial charge is 0.128 e. The summed E-state index contributed by atoms with van der Waals surface area (Å²) in [6.07, 6.45) is 6.75. The maximum absolute atomic E-state index is 10.7. The number of aromatic amines is 1. The van der Waals surface area contributed by atoms with Crippen molar-refractivity contribution in [3.63, 3.8) is 0 Å². The van der Waals surface area contributed by atoms with E-state index in [-0.39, 0.29) is 0 Å². The summed E-state index contributed by atoms with van der Waals surface area (Å²) in [6, 6.07) is 6.13. The van der Waals surface area contributed by atoms with E-state index in [2.05, 4.69) is 36.2 Å². The van der Waals surface area contributed by atoms with Crippen molar-refractivity contribution in [2.24, 2.45) is 0 Å². The van der Waals surface area contributed by atoms with Crippen molar-refractivity contribution in [2.75, 3.05) is 20.6 Å². The van der Waals surface area contributed by atoms with Gasteiger partial charge in [-0.2, -0.15) is 0 Å². The van der Waals surface area contributed by atoms with Crippen molar-refractivity contribution in [2.45, 2.75) is 12.0 Å². The van der Waals surface area contributed by atoms with Crippen molar-refractivity contribution in [3.05, 3.63) is 58.5 Å². The zero-order valence-corrected chi connectivity index (χ0v) is 13.2. The molecule has 2 heterocycles. The van der Waals surface area contributed by atoms with Crippen molar-refractivity contribution >= 4 is 22.7 Å². The molecule has 2 N–H and O–H groups in total. The van der Waals surface area contributed by atoms with E-state index >= 15 is 0 Å². The molecule has 3 rings (SSSR count). The fraction of sp³-hybridized carbons (Fsp3) is 0.294. The van der Waals surface area contributed by atoms with Crippen molar-refractivity contribution in [1.82, 2.24) is 9.88 Å². The van der Waals surface area contributed by atoms with Crippen molar-refractivity contribution in [3.8, 4) is 0 Å². The molecule has 0 unspecified atom stereocenters. The van der Waals surface area contributed by atoms with E-state index in [0.29, 0.717) is 0 Å². The van der Waals surface area contributed by atoms with Crippen LogP contribution in [0.1, 0.15) is 11.1 Å². The number of thioether (sulfide) groups is 1. The lowest BCUT2D eigenvalue weighted by Gasteiger charge is -2.23. The summed E-state index contributed by atoms with van der Waals surface area (Å²) in [5, 5.41) is 15.8. The number of hydrogen-bond acceptors (Lipinski definition) is 3. The first-order valence-corrected chi connectivity index (χ1v) is 8.01. The summed E-state index contributed by atoms with van der Waals surface area (Å²) < 4.78 is 0. The molecule has 0 atom stereocenters. The first-order chi connectivity index (χ1) is 10.1. The second kappa shape index (κ2) is 5.72. The largest absolute Gasteiger partial charge is 0.377 e. The molecule has 0 saturated heterocycles. The molecule has 0 amide bonds. The van der Waals surface area contributed by atoms with E-state index in [9.17, 15) is 5.11 Å². The SMILES string of the molecule is CN(C)CCc1c[nH]c2ccc(C3(O)C=CSC=C3)cc12. The number of aliphatic hydroxyl groups is 1. The van der Waals surface area contributed by atoms with E-state index in [1.54, 1.807) is 11.8 Å². The number of fused-ring (bicyclic) bond motifs is 1. The maximum Gasteiger partial charge on any atom is 0.128 e. The summed E-state index contributed by atoms with van der Waals surface area (Å²) in [6.45, 7) is 1.01. The number of likely N-dealkylation sites (N-methyl/N-ethyl adjacent to an activating group) is 1. The van der Waals surface area contributed by atoms with Crippen molar-refractivity contribution in [1.29, 1.82) is 0 Å². The molecule has 0 radical (unpaired) electrons. The van der Waals surface area contributed by atoms with Gasteiger partial charge in [0.1, 0.15) is 5.60 Å². The quantitative estimate of drug-likeness (QED) is 0.910. The zero-order valence-electron chi connectivity index (χ0n) is 12.3. The third-order valence-electron chi connectivity index (χ3n) is 3.86. The van der Waals surface area contributed by atoms with E-state index < -0.39 is 5.60 Å². The lowest BCUT2D eigenvalue weighted by Crippen LogP contribution is -2.20. The predicted molar refractivity (Wildman–Crippen MR) is 90.3 cm³/mol. The Balaban J connectivity index is 1.98. The predicted octanol–water partition coefficient (Wildman–Crippen LogP) is 3.23. The molecule has 1 aromatic carbocycles. The van der Waals surface area contributed by atoms with Crippen LogP contribution in [0.4, 0.5) is 0 Å². The van der Waals surface area contributed by atoms with Crippen LogP contribution in [-0.4, -0.2) is 35.6 Å². The molecule has 4 heteroatoms. The standard InChI is InChI=1S/C17H20N2OS/c1-19(2)8-5-13-12-18-16-4-3-14(11-15(13)16)17(20)6-9-21-10-7-17/h3-4,6-7,9-12,18,20H,5,8H2,1-2H3. The molecule has 110 valence electrons. The Kier molecular flexibility index (Phi) is 3.93. The molecule has 3 nitrogen and oxygen atoms in total. The molecule has 2 aromatic rings. The minimum absolute atomic E-state index is 0.911. The highest BCUT2D eigenvalue weighted by molar-refractivity contribution is 8.04. The highest BCUT2D eigenvalue weighted by atomic mass is 32.2. The molecule has 0 bridgehead atoms. The Morgan fingerprint density at radius 2 is 2.00 bits per heavy atom. The molecule has 0 saturated carbocycles. The van der Waals surface area contributed by atoms with Gasteiger partial charge in [0.05, 0.1) is 0 Å². The van der Waals surface area contributed by atoms with Gasteiger partial charge in [0.2, 0.25) is 0 Å². The normalized spacial score (nSPS) is 17.0. The number of nitrogens with one attached hydrogen (secondary N) is 1. The Morgan fingerprint density at radius 1 is 1.24 bits per heavy atom. The van der Waals surface area contributed by atoms with Gasteiger partial charge >= 0.3 is 0 Å². The number of rotatable bonds is 4. The van der Waals surface area contributed by atoms with Gasteiger partial charge in [-0.3, -0.25) is 0 Å². The lowest BCUT2D eigenvalue weighted by molar-refractivity contribution is 0.143. The van der Waals surface area contributed by atoms with E-state index in [1.165, 1.54) is 10.9 Å². The Hall–Kier alpha value is -1.49. The van der Waals surface area contributed by atoms with Gasteiger partial charge in [0, 0.05) is 23.6 Å². The van der Waals surface area contributed by atoms with Gasteiger partial charge in [0.15, 0.2) is 0 Å². The molecular weight excluding hydrogens is 280 g/mol. The monoisotopic (exact) mass is 300 g/mol. The van der Waals surface area contributed by atoms with E-state index in [4.69, 9.17) is 0 Å². The van der Waals surface area contributed by atoms with Crippen LogP contribution in [0, 0.1) is 0 Å². The van der Waals surface area contributed by atoms with Crippen LogP contribution in [-0.2, 0) is 12.0 Å².